The first-order valence-electron chi connectivity index (χ1n) is 8.51. The molecule has 23 heavy (non-hydrogen) atoms. The van der Waals surface area contributed by atoms with Gasteiger partial charge in [-0.05, 0) is 12.3 Å². The van der Waals surface area contributed by atoms with Crippen LogP contribution in [0.2, 0.25) is 0 Å². The molecule has 122 valence electrons. The Morgan fingerprint density at radius 2 is 2.13 bits per heavy atom. The average Bonchev–Trinajstić information content (AvgIpc) is 3.06. The van der Waals surface area contributed by atoms with Gasteiger partial charge in [0.25, 0.3) is 0 Å². The number of carbonyl (C=O) groups is 1. The van der Waals surface area contributed by atoms with Gasteiger partial charge in [0.15, 0.2) is 5.82 Å². The summed E-state index contributed by atoms with van der Waals surface area (Å²) in [6, 6.07) is -0.151. The summed E-state index contributed by atoms with van der Waals surface area (Å²) in [5.74, 6) is 1.52. The quantitative estimate of drug-likeness (QED) is 0.927. The summed E-state index contributed by atoms with van der Waals surface area (Å²) >= 11 is 0. The minimum atomic E-state index is -0.151. The summed E-state index contributed by atoms with van der Waals surface area (Å²) in [4.78, 5) is 19.1. The second kappa shape index (κ2) is 6.14. The standard InChI is InChI=1S/C16H22N6O/c23-16-13(10-12-4-2-1-3-5-12)22(9-7-18-16)14-15-20-19-11-21(15)8-6-17-14/h6,8,11-13H,1-5,7,9-10H2,(H,18,23). The Morgan fingerprint density at radius 1 is 1.26 bits per heavy atom. The number of piperazine rings is 1. The van der Waals surface area contributed by atoms with E-state index in [1.165, 1.54) is 32.1 Å². The molecule has 2 aliphatic rings. The van der Waals surface area contributed by atoms with Crippen LogP contribution in [0.15, 0.2) is 18.7 Å². The molecule has 1 saturated carbocycles. The predicted octanol–water partition coefficient (Wildman–Crippen LogP) is 1.40. The Bertz CT molecular complexity index is 693. The van der Waals surface area contributed by atoms with Crippen molar-refractivity contribution < 1.29 is 4.79 Å². The van der Waals surface area contributed by atoms with E-state index in [2.05, 4.69) is 25.4 Å². The SMILES string of the molecule is O=C1NCCN(c2nccn3cnnc23)C1CC1CCCCC1. The number of carbonyl (C=O) groups excluding carboxylic acids is 1. The monoisotopic (exact) mass is 314 g/mol. The second-order valence-electron chi connectivity index (χ2n) is 6.55. The van der Waals surface area contributed by atoms with E-state index in [1.54, 1.807) is 12.5 Å². The van der Waals surface area contributed by atoms with E-state index in [0.717, 1.165) is 24.4 Å². The molecule has 0 aromatic carbocycles. The van der Waals surface area contributed by atoms with Crippen molar-refractivity contribution in [1.29, 1.82) is 0 Å². The van der Waals surface area contributed by atoms with Crippen LogP contribution in [-0.4, -0.2) is 44.6 Å². The number of nitrogens with zero attached hydrogens (tertiary/aromatic N) is 5. The van der Waals surface area contributed by atoms with Crippen LogP contribution in [0.25, 0.3) is 5.65 Å². The van der Waals surface area contributed by atoms with Crippen molar-refractivity contribution in [3.8, 4) is 0 Å². The van der Waals surface area contributed by atoms with Crippen LogP contribution in [-0.2, 0) is 4.79 Å². The van der Waals surface area contributed by atoms with Gasteiger partial charge in [-0.2, -0.15) is 0 Å². The smallest absolute Gasteiger partial charge is 0.242 e. The zero-order chi connectivity index (χ0) is 15.6. The number of hydrogen-bond acceptors (Lipinski definition) is 5. The molecular weight excluding hydrogens is 292 g/mol. The van der Waals surface area contributed by atoms with Crippen LogP contribution in [0.3, 0.4) is 0 Å². The van der Waals surface area contributed by atoms with E-state index in [-0.39, 0.29) is 11.9 Å². The zero-order valence-electron chi connectivity index (χ0n) is 13.2. The van der Waals surface area contributed by atoms with E-state index in [4.69, 9.17) is 0 Å². The first-order valence-corrected chi connectivity index (χ1v) is 8.51. The zero-order valence-corrected chi connectivity index (χ0v) is 13.2. The number of amides is 1. The lowest BCUT2D eigenvalue weighted by atomic mass is 9.84. The summed E-state index contributed by atoms with van der Waals surface area (Å²) < 4.78 is 1.85. The van der Waals surface area contributed by atoms with Crippen molar-refractivity contribution in [2.45, 2.75) is 44.6 Å². The molecule has 1 atom stereocenters. The summed E-state index contributed by atoms with van der Waals surface area (Å²) in [5.41, 5.74) is 0.718. The first-order chi connectivity index (χ1) is 11.3. The molecule has 1 unspecified atom stereocenters. The molecule has 1 saturated heterocycles. The third-order valence-corrected chi connectivity index (χ3v) is 5.08. The highest BCUT2D eigenvalue weighted by Gasteiger charge is 2.34. The fourth-order valence-corrected chi connectivity index (χ4v) is 3.89. The van der Waals surface area contributed by atoms with Crippen LogP contribution < -0.4 is 10.2 Å². The van der Waals surface area contributed by atoms with Crippen LogP contribution in [0.1, 0.15) is 38.5 Å². The van der Waals surface area contributed by atoms with Gasteiger partial charge in [-0.15, -0.1) is 10.2 Å². The highest BCUT2D eigenvalue weighted by molar-refractivity contribution is 5.87. The fourth-order valence-electron chi connectivity index (χ4n) is 3.89. The summed E-state index contributed by atoms with van der Waals surface area (Å²) in [6.45, 7) is 1.42. The van der Waals surface area contributed by atoms with Gasteiger partial charge in [0.1, 0.15) is 12.4 Å². The highest BCUT2D eigenvalue weighted by Crippen LogP contribution is 2.31. The van der Waals surface area contributed by atoms with Gasteiger partial charge in [-0.25, -0.2) is 4.98 Å². The lowest BCUT2D eigenvalue weighted by Crippen LogP contribution is -2.56. The maximum absolute atomic E-state index is 12.5. The molecule has 1 aliphatic carbocycles. The van der Waals surface area contributed by atoms with Gasteiger partial charge in [-0.3, -0.25) is 9.20 Å². The first kappa shape index (κ1) is 14.4. The molecule has 3 heterocycles. The van der Waals surface area contributed by atoms with Crippen LogP contribution in [0, 0.1) is 5.92 Å². The van der Waals surface area contributed by atoms with E-state index < -0.39 is 0 Å². The van der Waals surface area contributed by atoms with E-state index in [0.29, 0.717) is 12.5 Å². The molecular formula is C16H22N6O. The van der Waals surface area contributed by atoms with Crippen LogP contribution >= 0.6 is 0 Å². The van der Waals surface area contributed by atoms with Crippen molar-refractivity contribution in [2.75, 3.05) is 18.0 Å². The van der Waals surface area contributed by atoms with Gasteiger partial charge in [0.05, 0.1) is 0 Å². The average molecular weight is 314 g/mol. The maximum atomic E-state index is 12.5. The van der Waals surface area contributed by atoms with E-state index in [9.17, 15) is 4.79 Å². The molecule has 7 nitrogen and oxygen atoms in total. The molecule has 0 bridgehead atoms. The molecule has 2 fully saturated rings. The number of aromatic nitrogens is 4. The fraction of sp³-hybridized carbons (Fsp3) is 0.625. The number of nitrogens with one attached hydrogen (secondary N) is 1. The predicted molar refractivity (Wildman–Crippen MR) is 86.1 cm³/mol. The Balaban J connectivity index is 1.64. The molecule has 1 aliphatic heterocycles. The van der Waals surface area contributed by atoms with Crippen LogP contribution in [0.5, 0.6) is 0 Å². The molecule has 2 aromatic rings. The van der Waals surface area contributed by atoms with Gasteiger partial charge < -0.3 is 10.2 Å². The highest BCUT2D eigenvalue weighted by atomic mass is 16.2. The third-order valence-electron chi connectivity index (χ3n) is 5.08. The Morgan fingerprint density at radius 3 is 3.00 bits per heavy atom. The summed E-state index contributed by atoms with van der Waals surface area (Å²) in [6.07, 6.45) is 12.5. The van der Waals surface area contributed by atoms with Crippen molar-refractivity contribution in [1.82, 2.24) is 24.9 Å². The van der Waals surface area contributed by atoms with Gasteiger partial charge in [0.2, 0.25) is 11.6 Å². The van der Waals surface area contributed by atoms with Crippen molar-refractivity contribution >= 4 is 17.4 Å². The third kappa shape index (κ3) is 2.75. The van der Waals surface area contributed by atoms with Crippen molar-refractivity contribution in [3.05, 3.63) is 18.7 Å². The van der Waals surface area contributed by atoms with E-state index in [1.807, 2.05) is 10.6 Å². The molecule has 1 N–H and O–H groups in total. The normalized spacial score (nSPS) is 23.2. The lowest BCUT2D eigenvalue weighted by Gasteiger charge is -2.38. The maximum Gasteiger partial charge on any atom is 0.242 e. The number of fused-ring (bicyclic) bond motifs is 1. The molecule has 2 aromatic heterocycles. The van der Waals surface area contributed by atoms with Crippen molar-refractivity contribution in [3.63, 3.8) is 0 Å². The largest absolute Gasteiger partial charge is 0.353 e. The van der Waals surface area contributed by atoms with Gasteiger partial charge in [0, 0.05) is 25.5 Å². The topological polar surface area (TPSA) is 75.4 Å². The van der Waals surface area contributed by atoms with E-state index >= 15 is 0 Å². The Labute approximate surface area is 135 Å². The van der Waals surface area contributed by atoms with Gasteiger partial charge >= 0.3 is 0 Å². The molecule has 0 radical (unpaired) electrons. The minimum absolute atomic E-state index is 0.116. The minimum Gasteiger partial charge on any atom is -0.353 e. The number of hydrogen-bond donors (Lipinski definition) is 1. The molecule has 0 spiro atoms. The number of rotatable bonds is 3. The van der Waals surface area contributed by atoms with Crippen molar-refractivity contribution in [2.24, 2.45) is 5.92 Å². The molecule has 1 amide bonds. The number of anilines is 1. The molecule has 4 rings (SSSR count). The summed E-state index contributed by atoms with van der Waals surface area (Å²) in [7, 11) is 0. The van der Waals surface area contributed by atoms with Crippen LogP contribution in [0.4, 0.5) is 5.82 Å². The summed E-state index contributed by atoms with van der Waals surface area (Å²) in [5, 5.41) is 11.2. The second-order valence-corrected chi connectivity index (χ2v) is 6.55. The molecule has 7 heteroatoms. The Kier molecular flexibility index (Phi) is 3.85. The lowest BCUT2D eigenvalue weighted by molar-refractivity contribution is -0.123. The Hall–Kier alpha value is -2.18. The van der Waals surface area contributed by atoms with Gasteiger partial charge in [-0.1, -0.05) is 32.1 Å².